The second kappa shape index (κ2) is 8.73. The highest BCUT2D eigenvalue weighted by Gasteiger charge is 2.08. The van der Waals surface area contributed by atoms with Crippen molar-refractivity contribution in [1.29, 1.82) is 0 Å². The van der Waals surface area contributed by atoms with Crippen molar-refractivity contribution >= 4 is 17.7 Å². The number of hydrogen-bond acceptors (Lipinski definition) is 3. The zero-order chi connectivity index (χ0) is 15.7. The van der Waals surface area contributed by atoms with E-state index in [1.54, 1.807) is 38.1 Å². The minimum atomic E-state index is -0.293. The highest BCUT2D eigenvalue weighted by Crippen LogP contribution is 1.97. The number of carbonyl (C=O) groups is 3. The summed E-state index contributed by atoms with van der Waals surface area (Å²) in [6, 6.07) is 8.68. The molecule has 1 aromatic rings. The van der Waals surface area contributed by atoms with Crippen LogP contribution in [-0.4, -0.2) is 37.4 Å². The Bertz CT molecular complexity index is 486. The number of hydrogen-bond donors (Lipinski definition) is 3. The van der Waals surface area contributed by atoms with Crippen molar-refractivity contribution in [3.8, 4) is 0 Å². The van der Waals surface area contributed by atoms with Crippen LogP contribution in [0.4, 0.5) is 0 Å². The van der Waals surface area contributed by atoms with Crippen molar-refractivity contribution in [2.75, 3.05) is 19.6 Å². The van der Waals surface area contributed by atoms with Gasteiger partial charge in [-0.15, -0.1) is 0 Å². The molecule has 0 aliphatic heterocycles. The average molecular weight is 291 g/mol. The zero-order valence-electron chi connectivity index (χ0n) is 12.3. The van der Waals surface area contributed by atoms with Gasteiger partial charge in [-0.2, -0.15) is 0 Å². The lowest BCUT2D eigenvalue weighted by Crippen LogP contribution is -2.41. The van der Waals surface area contributed by atoms with Gasteiger partial charge in [0.05, 0.1) is 6.54 Å². The van der Waals surface area contributed by atoms with Crippen molar-refractivity contribution < 1.29 is 14.4 Å². The third kappa shape index (κ3) is 6.56. The van der Waals surface area contributed by atoms with Gasteiger partial charge in [-0.1, -0.05) is 32.0 Å². The second-order valence-electron chi connectivity index (χ2n) is 4.84. The predicted molar refractivity (Wildman–Crippen MR) is 79.6 cm³/mol. The van der Waals surface area contributed by atoms with Crippen LogP contribution >= 0.6 is 0 Å². The van der Waals surface area contributed by atoms with E-state index in [9.17, 15) is 14.4 Å². The van der Waals surface area contributed by atoms with Gasteiger partial charge >= 0.3 is 0 Å². The summed E-state index contributed by atoms with van der Waals surface area (Å²) in [4.78, 5) is 34.5. The normalized spacial score (nSPS) is 10.0. The first-order valence-corrected chi connectivity index (χ1v) is 6.88. The summed E-state index contributed by atoms with van der Waals surface area (Å²) in [6.45, 7) is 4.21. The zero-order valence-corrected chi connectivity index (χ0v) is 12.3. The van der Waals surface area contributed by atoms with Gasteiger partial charge in [0.15, 0.2) is 0 Å². The fourth-order valence-electron chi connectivity index (χ4n) is 1.51. The second-order valence-corrected chi connectivity index (χ2v) is 4.84. The molecule has 0 aromatic heterocycles. The molecule has 0 saturated carbocycles. The van der Waals surface area contributed by atoms with Crippen molar-refractivity contribution in [3.05, 3.63) is 35.9 Å². The Labute approximate surface area is 124 Å². The molecule has 0 atom stereocenters. The SMILES string of the molecule is CC(C)C(=O)NCCNC(=O)CNC(=O)c1ccccc1. The molecular formula is C15H21N3O3. The maximum atomic E-state index is 11.7. The summed E-state index contributed by atoms with van der Waals surface area (Å²) >= 11 is 0. The standard InChI is InChI=1S/C15H21N3O3/c1-11(2)14(20)17-9-8-16-13(19)10-18-15(21)12-6-4-3-5-7-12/h3-7,11H,8-10H2,1-2H3,(H,16,19)(H,17,20)(H,18,21). The summed E-state index contributed by atoms with van der Waals surface area (Å²) in [5.74, 6) is -0.718. The van der Waals surface area contributed by atoms with E-state index < -0.39 is 0 Å². The molecule has 114 valence electrons. The molecule has 0 fully saturated rings. The molecule has 0 saturated heterocycles. The number of nitrogens with one attached hydrogen (secondary N) is 3. The van der Waals surface area contributed by atoms with Gasteiger partial charge in [0, 0.05) is 24.6 Å². The van der Waals surface area contributed by atoms with E-state index in [4.69, 9.17) is 0 Å². The van der Waals surface area contributed by atoms with Crippen molar-refractivity contribution in [2.24, 2.45) is 5.92 Å². The minimum absolute atomic E-state index is 0.0540. The smallest absolute Gasteiger partial charge is 0.251 e. The lowest BCUT2D eigenvalue weighted by molar-refractivity contribution is -0.124. The molecule has 0 bridgehead atoms. The van der Waals surface area contributed by atoms with Crippen molar-refractivity contribution in [2.45, 2.75) is 13.8 Å². The molecule has 0 radical (unpaired) electrons. The van der Waals surface area contributed by atoms with E-state index in [1.807, 2.05) is 6.07 Å². The number of amides is 3. The Morgan fingerprint density at radius 3 is 2.19 bits per heavy atom. The van der Waals surface area contributed by atoms with Crippen LogP contribution in [0.1, 0.15) is 24.2 Å². The molecule has 1 aromatic carbocycles. The van der Waals surface area contributed by atoms with E-state index in [0.717, 1.165) is 0 Å². The monoisotopic (exact) mass is 291 g/mol. The van der Waals surface area contributed by atoms with Crippen LogP contribution in [-0.2, 0) is 9.59 Å². The van der Waals surface area contributed by atoms with Crippen LogP contribution < -0.4 is 16.0 Å². The van der Waals surface area contributed by atoms with Crippen LogP contribution in [0, 0.1) is 5.92 Å². The fourth-order valence-corrected chi connectivity index (χ4v) is 1.51. The first-order chi connectivity index (χ1) is 10.0. The largest absolute Gasteiger partial charge is 0.354 e. The number of rotatable bonds is 7. The summed E-state index contributed by atoms with van der Waals surface area (Å²) in [5, 5.41) is 7.83. The van der Waals surface area contributed by atoms with Gasteiger partial charge in [0.25, 0.3) is 5.91 Å². The summed E-state index contributed by atoms with van der Waals surface area (Å²) in [6.07, 6.45) is 0. The summed E-state index contributed by atoms with van der Waals surface area (Å²) < 4.78 is 0. The molecular weight excluding hydrogens is 270 g/mol. The van der Waals surface area contributed by atoms with E-state index in [1.165, 1.54) is 0 Å². The quantitative estimate of drug-likeness (QED) is 0.632. The van der Waals surface area contributed by atoms with Gasteiger partial charge in [0.1, 0.15) is 0 Å². The lowest BCUT2D eigenvalue weighted by atomic mass is 10.2. The Kier molecular flexibility index (Phi) is 6.94. The molecule has 0 heterocycles. The Morgan fingerprint density at radius 1 is 0.952 bits per heavy atom. The molecule has 3 N–H and O–H groups in total. The van der Waals surface area contributed by atoms with E-state index in [0.29, 0.717) is 18.7 Å². The molecule has 1 rings (SSSR count). The van der Waals surface area contributed by atoms with Gasteiger partial charge in [0.2, 0.25) is 11.8 Å². The Balaban J connectivity index is 2.17. The maximum Gasteiger partial charge on any atom is 0.251 e. The van der Waals surface area contributed by atoms with Crippen LogP contribution in [0.5, 0.6) is 0 Å². The van der Waals surface area contributed by atoms with E-state index in [2.05, 4.69) is 16.0 Å². The molecule has 0 aliphatic carbocycles. The van der Waals surface area contributed by atoms with Gasteiger partial charge in [-0.05, 0) is 12.1 Å². The van der Waals surface area contributed by atoms with E-state index >= 15 is 0 Å². The van der Waals surface area contributed by atoms with Crippen LogP contribution in [0.25, 0.3) is 0 Å². The number of carbonyl (C=O) groups excluding carboxylic acids is 3. The first-order valence-electron chi connectivity index (χ1n) is 6.88. The average Bonchev–Trinajstić information content (AvgIpc) is 2.49. The van der Waals surface area contributed by atoms with Crippen LogP contribution in [0.15, 0.2) is 30.3 Å². The summed E-state index contributed by atoms with van der Waals surface area (Å²) in [5.41, 5.74) is 0.509. The number of benzene rings is 1. The van der Waals surface area contributed by atoms with Gasteiger partial charge in [-0.3, -0.25) is 14.4 Å². The molecule has 0 spiro atoms. The molecule has 21 heavy (non-hydrogen) atoms. The predicted octanol–water partition coefficient (Wildman–Crippen LogP) is 0.305. The summed E-state index contributed by atoms with van der Waals surface area (Å²) in [7, 11) is 0. The molecule has 3 amide bonds. The van der Waals surface area contributed by atoms with Gasteiger partial charge < -0.3 is 16.0 Å². The fraction of sp³-hybridized carbons (Fsp3) is 0.400. The maximum absolute atomic E-state index is 11.7. The highest BCUT2D eigenvalue weighted by atomic mass is 16.2. The molecule has 6 heteroatoms. The topological polar surface area (TPSA) is 87.3 Å². The van der Waals surface area contributed by atoms with Crippen molar-refractivity contribution in [1.82, 2.24) is 16.0 Å². The third-order valence-corrected chi connectivity index (χ3v) is 2.72. The minimum Gasteiger partial charge on any atom is -0.354 e. The van der Waals surface area contributed by atoms with Crippen LogP contribution in [0.3, 0.4) is 0 Å². The first kappa shape index (κ1) is 16.7. The van der Waals surface area contributed by atoms with Gasteiger partial charge in [-0.25, -0.2) is 0 Å². The van der Waals surface area contributed by atoms with Crippen molar-refractivity contribution in [3.63, 3.8) is 0 Å². The molecule has 6 nitrogen and oxygen atoms in total. The molecule has 0 unspecified atom stereocenters. The van der Waals surface area contributed by atoms with E-state index in [-0.39, 0.29) is 30.2 Å². The highest BCUT2D eigenvalue weighted by molar-refractivity contribution is 5.96. The van der Waals surface area contributed by atoms with Crippen LogP contribution in [0.2, 0.25) is 0 Å². The third-order valence-electron chi connectivity index (χ3n) is 2.72. The Morgan fingerprint density at radius 2 is 1.57 bits per heavy atom. The molecule has 0 aliphatic rings. The lowest BCUT2D eigenvalue weighted by Gasteiger charge is -2.09. The Hall–Kier alpha value is -2.37.